The largest absolute Gasteiger partial charge is 0.495 e. The molecule has 1 amide bonds. The first-order valence-electron chi connectivity index (χ1n) is 10.8. The molecule has 4 heterocycles. The SMILES string of the molecule is COc1cc2c(cc1Nc1ncc(F)c(-c3cnn4ccccc34)n1)N(C(=O)CN(C)C)CC2. The minimum Gasteiger partial charge on any atom is -0.495 e. The number of anilines is 3. The zero-order valence-electron chi connectivity index (χ0n) is 19.1. The molecule has 1 aliphatic heterocycles. The molecule has 4 aromatic rings. The molecule has 3 aromatic heterocycles. The maximum atomic E-state index is 14.7. The summed E-state index contributed by atoms with van der Waals surface area (Å²) in [5, 5.41) is 7.41. The van der Waals surface area contributed by atoms with Crippen molar-refractivity contribution < 1.29 is 13.9 Å². The molecule has 0 saturated heterocycles. The van der Waals surface area contributed by atoms with Crippen molar-refractivity contribution in [3.05, 3.63) is 60.3 Å². The summed E-state index contributed by atoms with van der Waals surface area (Å²) in [7, 11) is 5.30. The average Bonchev–Trinajstić information content (AvgIpc) is 3.43. The summed E-state index contributed by atoms with van der Waals surface area (Å²) < 4.78 is 21.9. The van der Waals surface area contributed by atoms with E-state index >= 15 is 0 Å². The van der Waals surface area contributed by atoms with Gasteiger partial charge in [-0.1, -0.05) is 6.07 Å². The lowest BCUT2D eigenvalue weighted by Crippen LogP contribution is -2.36. The highest BCUT2D eigenvalue weighted by Gasteiger charge is 2.27. The lowest BCUT2D eigenvalue weighted by atomic mass is 10.1. The summed E-state index contributed by atoms with van der Waals surface area (Å²) in [5.74, 6) is 0.263. The monoisotopic (exact) mass is 461 g/mol. The van der Waals surface area contributed by atoms with Crippen molar-refractivity contribution in [1.29, 1.82) is 0 Å². The average molecular weight is 462 g/mol. The molecule has 1 aromatic carbocycles. The van der Waals surface area contributed by atoms with Crippen molar-refractivity contribution in [3.63, 3.8) is 0 Å². The van der Waals surface area contributed by atoms with E-state index in [4.69, 9.17) is 4.74 Å². The topological polar surface area (TPSA) is 87.9 Å². The van der Waals surface area contributed by atoms with Gasteiger partial charge < -0.3 is 19.9 Å². The minimum atomic E-state index is -0.550. The third-order valence-corrected chi connectivity index (χ3v) is 5.72. The van der Waals surface area contributed by atoms with Crippen LogP contribution in [0.25, 0.3) is 16.8 Å². The van der Waals surface area contributed by atoms with E-state index < -0.39 is 5.82 Å². The first kappa shape index (κ1) is 21.8. The Labute approximate surface area is 195 Å². The molecule has 0 fully saturated rings. The molecule has 0 spiro atoms. The van der Waals surface area contributed by atoms with Crippen LogP contribution in [0.4, 0.5) is 21.7 Å². The highest BCUT2D eigenvalue weighted by Crippen LogP contribution is 2.38. The molecule has 0 unspecified atom stereocenters. The lowest BCUT2D eigenvalue weighted by molar-refractivity contribution is -0.119. The Bertz CT molecular complexity index is 1390. The zero-order chi connectivity index (χ0) is 23.8. The van der Waals surface area contributed by atoms with Gasteiger partial charge in [0.2, 0.25) is 11.9 Å². The molecule has 10 heteroatoms. The maximum Gasteiger partial charge on any atom is 0.241 e. The van der Waals surface area contributed by atoms with Gasteiger partial charge in [-0.15, -0.1) is 0 Å². The number of methoxy groups -OCH3 is 1. The predicted octanol–water partition coefficient (Wildman–Crippen LogP) is 3.13. The maximum absolute atomic E-state index is 14.7. The lowest BCUT2D eigenvalue weighted by Gasteiger charge is -2.21. The zero-order valence-corrected chi connectivity index (χ0v) is 19.1. The number of aromatic nitrogens is 4. The predicted molar refractivity (Wildman–Crippen MR) is 127 cm³/mol. The normalized spacial score (nSPS) is 12.9. The van der Waals surface area contributed by atoms with E-state index in [1.165, 1.54) is 0 Å². The molecule has 0 aliphatic carbocycles. The summed E-state index contributed by atoms with van der Waals surface area (Å²) >= 11 is 0. The molecule has 1 N–H and O–H groups in total. The summed E-state index contributed by atoms with van der Waals surface area (Å²) in [6.45, 7) is 0.929. The van der Waals surface area contributed by atoms with Crippen molar-refractivity contribution in [2.45, 2.75) is 6.42 Å². The first-order valence-corrected chi connectivity index (χ1v) is 10.8. The van der Waals surface area contributed by atoms with E-state index in [2.05, 4.69) is 20.4 Å². The van der Waals surface area contributed by atoms with Crippen LogP contribution in [-0.2, 0) is 11.2 Å². The Balaban J connectivity index is 1.50. The molecular formula is C24H24FN7O2. The van der Waals surface area contributed by atoms with Crippen molar-refractivity contribution >= 4 is 28.7 Å². The van der Waals surface area contributed by atoms with Crippen LogP contribution in [0.3, 0.4) is 0 Å². The van der Waals surface area contributed by atoms with Crippen LogP contribution < -0.4 is 15.0 Å². The molecule has 9 nitrogen and oxygen atoms in total. The van der Waals surface area contributed by atoms with E-state index in [1.807, 2.05) is 49.3 Å². The van der Waals surface area contributed by atoms with Gasteiger partial charge in [0.05, 0.1) is 37.3 Å². The fourth-order valence-electron chi connectivity index (χ4n) is 4.15. The van der Waals surface area contributed by atoms with Crippen LogP contribution in [0.15, 0.2) is 48.9 Å². The fourth-order valence-corrected chi connectivity index (χ4v) is 4.15. The van der Waals surface area contributed by atoms with Gasteiger partial charge in [0.25, 0.3) is 0 Å². The third kappa shape index (κ3) is 3.92. The van der Waals surface area contributed by atoms with Crippen LogP contribution in [0.5, 0.6) is 5.75 Å². The van der Waals surface area contributed by atoms with Gasteiger partial charge in [-0.2, -0.15) is 5.10 Å². The van der Waals surface area contributed by atoms with E-state index in [1.54, 1.807) is 28.9 Å². The van der Waals surface area contributed by atoms with Gasteiger partial charge in [-0.25, -0.2) is 18.9 Å². The summed E-state index contributed by atoms with van der Waals surface area (Å²) in [5.41, 5.74) is 3.87. The summed E-state index contributed by atoms with van der Waals surface area (Å²) in [6, 6.07) is 9.32. The molecule has 5 rings (SSSR count). The highest BCUT2D eigenvalue weighted by atomic mass is 19.1. The summed E-state index contributed by atoms with van der Waals surface area (Å²) in [4.78, 5) is 24.9. The van der Waals surface area contributed by atoms with Crippen molar-refractivity contribution in [2.24, 2.45) is 0 Å². The summed E-state index contributed by atoms with van der Waals surface area (Å²) in [6.07, 6.45) is 5.24. The smallest absolute Gasteiger partial charge is 0.241 e. The second-order valence-corrected chi connectivity index (χ2v) is 8.32. The molecular weight excluding hydrogens is 437 g/mol. The van der Waals surface area contributed by atoms with Crippen LogP contribution in [0.1, 0.15) is 5.56 Å². The number of carbonyl (C=O) groups is 1. The Morgan fingerprint density at radius 2 is 2.12 bits per heavy atom. The number of nitrogens with one attached hydrogen (secondary N) is 1. The number of nitrogens with zero attached hydrogens (tertiary/aromatic N) is 6. The fraction of sp³-hybridized carbons (Fsp3) is 0.250. The van der Waals surface area contributed by atoms with Crippen LogP contribution in [0.2, 0.25) is 0 Å². The van der Waals surface area contributed by atoms with E-state index in [-0.39, 0.29) is 17.5 Å². The van der Waals surface area contributed by atoms with E-state index in [0.717, 1.165) is 29.4 Å². The molecule has 0 bridgehead atoms. The van der Waals surface area contributed by atoms with Gasteiger partial charge in [0, 0.05) is 24.0 Å². The number of pyridine rings is 1. The molecule has 0 atom stereocenters. The molecule has 0 saturated carbocycles. The van der Waals surface area contributed by atoms with Gasteiger partial charge in [0.1, 0.15) is 11.4 Å². The number of amides is 1. The van der Waals surface area contributed by atoms with E-state index in [0.29, 0.717) is 30.1 Å². The van der Waals surface area contributed by atoms with Gasteiger partial charge in [-0.3, -0.25) is 4.79 Å². The second kappa shape index (κ2) is 8.71. The van der Waals surface area contributed by atoms with Crippen LogP contribution in [0, 0.1) is 5.82 Å². The number of carbonyl (C=O) groups excluding carboxylic acids is 1. The molecule has 1 aliphatic rings. The first-order chi connectivity index (χ1) is 16.4. The van der Waals surface area contributed by atoms with Gasteiger partial charge in [-0.05, 0) is 50.3 Å². The van der Waals surface area contributed by atoms with Gasteiger partial charge >= 0.3 is 0 Å². The number of halogens is 1. The van der Waals surface area contributed by atoms with Crippen LogP contribution in [-0.4, -0.2) is 64.7 Å². The van der Waals surface area contributed by atoms with Gasteiger partial charge in [0.15, 0.2) is 5.82 Å². The Morgan fingerprint density at radius 3 is 2.91 bits per heavy atom. The quantitative estimate of drug-likeness (QED) is 0.472. The Hall–Kier alpha value is -4.05. The standard InChI is InChI=1S/C24H24FN7O2/c1-30(2)14-22(33)31-9-7-15-10-21(34-3)18(11-20(15)31)28-24-26-13-17(25)23(29-24)16-12-27-32-8-5-4-6-19(16)32/h4-6,8,10-13H,7,9,14H2,1-3H3,(H,26,28,29). The number of hydrogen-bond acceptors (Lipinski definition) is 7. The number of ether oxygens (including phenoxy) is 1. The number of hydrogen-bond donors (Lipinski definition) is 1. The van der Waals surface area contributed by atoms with Crippen molar-refractivity contribution in [1.82, 2.24) is 24.5 Å². The Kier molecular flexibility index (Phi) is 5.58. The molecule has 34 heavy (non-hydrogen) atoms. The van der Waals surface area contributed by atoms with E-state index in [9.17, 15) is 9.18 Å². The van der Waals surface area contributed by atoms with Crippen molar-refractivity contribution in [2.75, 3.05) is 44.5 Å². The number of likely N-dealkylation sites (N-methyl/N-ethyl adjacent to an activating group) is 1. The second-order valence-electron chi connectivity index (χ2n) is 8.32. The molecule has 174 valence electrons. The third-order valence-electron chi connectivity index (χ3n) is 5.72. The Morgan fingerprint density at radius 1 is 1.26 bits per heavy atom. The number of fused-ring (bicyclic) bond motifs is 2. The van der Waals surface area contributed by atoms with Crippen LogP contribution >= 0.6 is 0 Å². The number of rotatable bonds is 6. The van der Waals surface area contributed by atoms with Crippen molar-refractivity contribution in [3.8, 4) is 17.0 Å². The highest BCUT2D eigenvalue weighted by molar-refractivity contribution is 5.98. The number of benzene rings is 1. The minimum absolute atomic E-state index is 0.0215. The molecule has 0 radical (unpaired) electrons.